The van der Waals surface area contributed by atoms with Gasteiger partial charge in [0.2, 0.25) is 11.8 Å². The number of hydrogen-bond donors (Lipinski definition) is 1. The number of nitrogens with zero attached hydrogens (tertiary/aromatic N) is 2. The molecule has 236 valence electrons. The van der Waals surface area contributed by atoms with E-state index in [1.54, 1.807) is 34.6 Å². The lowest BCUT2D eigenvalue weighted by Crippen LogP contribution is -2.60. The number of rotatable bonds is 13. The quantitative estimate of drug-likeness (QED) is 0.270. The number of esters is 2. The summed E-state index contributed by atoms with van der Waals surface area (Å²) in [7, 11) is 2.89. The van der Waals surface area contributed by atoms with Crippen LogP contribution in [0.1, 0.15) is 74.3 Å². The number of likely N-dealkylation sites (N-methyl/N-ethyl adjacent to an activating group) is 2. The molecule has 0 aliphatic rings. The standard InChI is InChI=1S/C31H49N3O8/c1-19(2)17-24(33(10)30(39)42-31(7,8)9)27(36)32-25(21(5)41-22(6)35)28(37)34(11)26(20(3)4)29(38)40-18-23-15-13-12-14-16-23/h12-16,19-21,24-26H,17-18H2,1-11H3,(H,32,36)/t21-,24+,25+,26+/m1/s1. The summed E-state index contributed by atoms with van der Waals surface area (Å²) in [5.41, 5.74) is 0.0113. The third-order valence-electron chi connectivity index (χ3n) is 6.39. The topological polar surface area (TPSA) is 132 Å². The Labute approximate surface area is 250 Å². The molecule has 0 heterocycles. The Hall–Kier alpha value is -3.63. The van der Waals surface area contributed by atoms with Crippen LogP contribution in [0.25, 0.3) is 0 Å². The van der Waals surface area contributed by atoms with Gasteiger partial charge in [-0.05, 0) is 51.5 Å². The molecule has 0 spiro atoms. The summed E-state index contributed by atoms with van der Waals surface area (Å²) in [5.74, 6) is -2.87. The fourth-order valence-corrected chi connectivity index (χ4v) is 4.36. The number of carbonyl (C=O) groups is 5. The number of ether oxygens (including phenoxy) is 3. The van der Waals surface area contributed by atoms with Crippen LogP contribution in [0.5, 0.6) is 0 Å². The molecule has 3 amide bonds. The molecule has 11 heteroatoms. The highest BCUT2D eigenvalue weighted by molar-refractivity contribution is 5.93. The second kappa shape index (κ2) is 16.1. The summed E-state index contributed by atoms with van der Waals surface area (Å²) >= 11 is 0. The Morgan fingerprint density at radius 2 is 1.48 bits per heavy atom. The van der Waals surface area contributed by atoms with Gasteiger partial charge in [-0.25, -0.2) is 9.59 Å². The maximum absolute atomic E-state index is 13.9. The zero-order valence-electron chi connectivity index (χ0n) is 26.9. The Morgan fingerprint density at radius 1 is 0.905 bits per heavy atom. The lowest BCUT2D eigenvalue weighted by molar-refractivity contribution is -0.161. The molecule has 0 aliphatic carbocycles. The number of benzene rings is 1. The van der Waals surface area contributed by atoms with Gasteiger partial charge in [-0.3, -0.25) is 19.3 Å². The van der Waals surface area contributed by atoms with Gasteiger partial charge >= 0.3 is 18.0 Å². The molecule has 4 atom stereocenters. The second-order valence-electron chi connectivity index (χ2n) is 12.3. The van der Waals surface area contributed by atoms with Crippen molar-refractivity contribution >= 4 is 29.8 Å². The van der Waals surface area contributed by atoms with Crippen LogP contribution in [-0.4, -0.2) is 83.6 Å². The summed E-state index contributed by atoms with van der Waals surface area (Å²) in [6.45, 7) is 15.2. The average Bonchev–Trinajstić information content (AvgIpc) is 2.87. The van der Waals surface area contributed by atoms with Crippen molar-refractivity contribution in [3.63, 3.8) is 0 Å². The molecule has 1 N–H and O–H groups in total. The first kappa shape index (κ1) is 36.4. The predicted molar refractivity (Wildman–Crippen MR) is 158 cm³/mol. The van der Waals surface area contributed by atoms with Crippen LogP contribution in [0.4, 0.5) is 4.79 Å². The number of nitrogens with one attached hydrogen (secondary N) is 1. The van der Waals surface area contributed by atoms with Gasteiger partial charge in [-0.1, -0.05) is 58.0 Å². The molecule has 0 saturated heterocycles. The number of amides is 3. The Morgan fingerprint density at radius 3 is 1.95 bits per heavy atom. The number of carbonyl (C=O) groups excluding carboxylic acids is 5. The zero-order chi connectivity index (χ0) is 32.4. The summed E-state index contributed by atoms with van der Waals surface area (Å²) in [5, 5.41) is 2.69. The van der Waals surface area contributed by atoms with Crippen LogP contribution in [0.2, 0.25) is 0 Å². The van der Waals surface area contributed by atoms with Crippen LogP contribution in [0.3, 0.4) is 0 Å². The third kappa shape index (κ3) is 11.7. The smallest absolute Gasteiger partial charge is 0.410 e. The lowest BCUT2D eigenvalue weighted by atomic mass is 9.99. The molecule has 0 fully saturated rings. The van der Waals surface area contributed by atoms with Crippen molar-refractivity contribution in [1.82, 2.24) is 15.1 Å². The molecule has 1 aromatic rings. The molecular weight excluding hydrogens is 542 g/mol. The molecule has 0 radical (unpaired) electrons. The summed E-state index contributed by atoms with van der Waals surface area (Å²) < 4.78 is 16.3. The minimum absolute atomic E-state index is 0.0121. The first-order chi connectivity index (χ1) is 19.3. The van der Waals surface area contributed by atoms with E-state index in [1.807, 2.05) is 44.2 Å². The second-order valence-corrected chi connectivity index (χ2v) is 12.3. The normalized spacial score (nSPS) is 14.3. The van der Waals surface area contributed by atoms with Gasteiger partial charge in [0.05, 0.1) is 0 Å². The Bertz CT molecular complexity index is 1070. The molecule has 0 unspecified atom stereocenters. The SMILES string of the molecule is CC(=O)O[C@H](C)[C@H](NC(=O)[C@H](CC(C)C)N(C)C(=O)OC(C)(C)C)C(=O)N(C)[C@H](C(=O)OCc1ccccc1)C(C)C. The molecule has 0 bridgehead atoms. The predicted octanol–water partition coefficient (Wildman–Crippen LogP) is 3.93. The third-order valence-corrected chi connectivity index (χ3v) is 6.39. The van der Waals surface area contributed by atoms with Crippen molar-refractivity contribution < 1.29 is 38.2 Å². The van der Waals surface area contributed by atoms with Gasteiger partial charge < -0.3 is 24.4 Å². The van der Waals surface area contributed by atoms with Crippen molar-refractivity contribution in [1.29, 1.82) is 0 Å². The molecule has 0 saturated carbocycles. The van der Waals surface area contributed by atoms with E-state index in [0.717, 1.165) is 5.56 Å². The summed E-state index contributed by atoms with van der Waals surface area (Å²) in [6, 6.07) is 5.83. The van der Waals surface area contributed by atoms with Crippen LogP contribution in [0.15, 0.2) is 30.3 Å². The van der Waals surface area contributed by atoms with Crippen molar-refractivity contribution in [2.45, 2.75) is 105 Å². The fraction of sp³-hybridized carbons (Fsp3) is 0.645. The van der Waals surface area contributed by atoms with Gasteiger partial charge in [0, 0.05) is 21.0 Å². The van der Waals surface area contributed by atoms with Gasteiger partial charge in [0.25, 0.3) is 0 Å². The van der Waals surface area contributed by atoms with Crippen molar-refractivity contribution in [3.8, 4) is 0 Å². The van der Waals surface area contributed by atoms with E-state index in [-0.39, 0.29) is 24.9 Å². The zero-order valence-corrected chi connectivity index (χ0v) is 26.9. The molecule has 42 heavy (non-hydrogen) atoms. The minimum atomic E-state index is -1.35. The van der Waals surface area contributed by atoms with Crippen LogP contribution >= 0.6 is 0 Å². The van der Waals surface area contributed by atoms with E-state index >= 15 is 0 Å². The van der Waals surface area contributed by atoms with Crippen LogP contribution in [-0.2, 0) is 40.0 Å². The Balaban J connectivity index is 3.29. The number of hydrogen-bond acceptors (Lipinski definition) is 8. The molecule has 0 aromatic heterocycles. The van der Waals surface area contributed by atoms with Crippen molar-refractivity contribution in [3.05, 3.63) is 35.9 Å². The van der Waals surface area contributed by atoms with Crippen LogP contribution in [0, 0.1) is 11.8 Å². The maximum Gasteiger partial charge on any atom is 0.410 e. The molecular formula is C31H49N3O8. The minimum Gasteiger partial charge on any atom is -0.460 e. The summed E-state index contributed by atoms with van der Waals surface area (Å²) in [6.07, 6.45) is -1.50. The summed E-state index contributed by atoms with van der Waals surface area (Å²) in [4.78, 5) is 67.7. The van der Waals surface area contributed by atoms with Gasteiger partial charge in [0.15, 0.2) is 0 Å². The van der Waals surface area contributed by atoms with E-state index in [4.69, 9.17) is 14.2 Å². The molecule has 1 aromatic carbocycles. The van der Waals surface area contributed by atoms with E-state index in [9.17, 15) is 24.0 Å². The highest BCUT2D eigenvalue weighted by Gasteiger charge is 2.40. The van der Waals surface area contributed by atoms with Gasteiger partial charge in [-0.2, -0.15) is 0 Å². The largest absolute Gasteiger partial charge is 0.460 e. The first-order valence-electron chi connectivity index (χ1n) is 14.3. The van der Waals surface area contributed by atoms with Crippen molar-refractivity contribution in [2.75, 3.05) is 14.1 Å². The highest BCUT2D eigenvalue weighted by atomic mass is 16.6. The molecule has 0 aliphatic heterocycles. The monoisotopic (exact) mass is 591 g/mol. The van der Waals surface area contributed by atoms with E-state index in [2.05, 4.69) is 5.32 Å². The maximum atomic E-state index is 13.9. The highest BCUT2D eigenvalue weighted by Crippen LogP contribution is 2.19. The van der Waals surface area contributed by atoms with E-state index in [0.29, 0.717) is 0 Å². The lowest BCUT2D eigenvalue weighted by Gasteiger charge is -2.36. The van der Waals surface area contributed by atoms with Gasteiger partial charge in [-0.15, -0.1) is 0 Å². The molecule has 1 rings (SSSR count). The van der Waals surface area contributed by atoms with Gasteiger partial charge in [0.1, 0.15) is 36.4 Å². The fourth-order valence-electron chi connectivity index (χ4n) is 4.36. The van der Waals surface area contributed by atoms with E-state index < -0.39 is 59.7 Å². The van der Waals surface area contributed by atoms with Crippen LogP contribution < -0.4 is 5.32 Å². The molecule has 11 nitrogen and oxygen atoms in total. The first-order valence-corrected chi connectivity index (χ1v) is 14.3. The van der Waals surface area contributed by atoms with Crippen molar-refractivity contribution in [2.24, 2.45) is 11.8 Å². The van der Waals surface area contributed by atoms with E-state index in [1.165, 1.54) is 37.7 Å². The average molecular weight is 592 g/mol. The Kier molecular flexibility index (Phi) is 14.0.